The van der Waals surface area contributed by atoms with Crippen molar-refractivity contribution >= 4 is 30.5 Å². The summed E-state index contributed by atoms with van der Waals surface area (Å²) < 4.78 is 45.9. The molecule has 0 saturated heterocycles. The summed E-state index contributed by atoms with van der Waals surface area (Å²) >= 11 is 0. The van der Waals surface area contributed by atoms with Crippen molar-refractivity contribution < 1.29 is 32.9 Å². The van der Waals surface area contributed by atoms with Crippen molar-refractivity contribution in [3.05, 3.63) is 54.9 Å². The number of imidazole rings is 1. The van der Waals surface area contributed by atoms with Gasteiger partial charge in [-0.15, -0.1) is 0 Å². The smallest absolute Gasteiger partial charge is 0.342 e. The number of halogens is 1. The van der Waals surface area contributed by atoms with Crippen LogP contribution in [0.4, 0.5) is 10.2 Å². The van der Waals surface area contributed by atoms with Crippen LogP contribution >= 0.6 is 7.52 Å². The van der Waals surface area contributed by atoms with Gasteiger partial charge in [0.1, 0.15) is 23.6 Å². The lowest BCUT2D eigenvalue weighted by molar-refractivity contribution is -0.138. The minimum Gasteiger partial charge on any atom is -0.480 e. The van der Waals surface area contributed by atoms with E-state index in [1.54, 1.807) is 30.3 Å². The number of anilines is 1. The van der Waals surface area contributed by atoms with E-state index in [0.29, 0.717) is 0 Å². The standard InChI is InChI=1S/C19H20FN6O6P/c1-11(19(27)28)25-33(29,32-12-5-3-2-4-6-12)10-30-14-7-13(20)18(31-14)26-9-24-15-16(21)22-8-23-17(15)26/h2-9,11,14,18H,10H2,1H3,(H,25,29)(H,27,28)(H2,21,22,23). The number of rotatable bonds is 9. The molecule has 2 aromatic heterocycles. The van der Waals surface area contributed by atoms with Gasteiger partial charge in [-0.25, -0.2) is 24.4 Å². The normalized spacial score (nSPS) is 20.8. The third kappa shape index (κ3) is 5.01. The van der Waals surface area contributed by atoms with Gasteiger partial charge in [-0.3, -0.25) is 13.9 Å². The number of ether oxygens (including phenoxy) is 2. The summed E-state index contributed by atoms with van der Waals surface area (Å²) in [5, 5.41) is 11.6. The summed E-state index contributed by atoms with van der Waals surface area (Å²) in [7, 11) is -3.89. The number of carboxylic acids is 1. The molecule has 174 valence electrons. The SMILES string of the molecule is CC(NP(=O)(COC1C=C(F)C(n2cnc3c(N)ncnc32)O1)Oc1ccccc1)C(=O)O. The maximum atomic E-state index is 14.7. The van der Waals surface area contributed by atoms with Gasteiger partial charge in [-0.2, -0.15) is 0 Å². The number of aromatic nitrogens is 4. The molecule has 14 heteroatoms. The molecule has 3 aromatic rings. The predicted molar refractivity (Wildman–Crippen MR) is 114 cm³/mol. The first-order chi connectivity index (χ1) is 15.8. The number of hydrogen-bond acceptors (Lipinski definition) is 9. The lowest BCUT2D eigenvalue weighted by Crippen LogP contribution is -2.34. The highest BCUT2D eigenvalue weighted by molar-refractivity contribution is 7.57. The Kier molecular flexibility index (Phi) is 6.38. The molecule has 0 radical (unpaired) electrons. The molecule has 4 N–H and O–H groups in total. The van der Waals surface area contributed by atoms with Crippen molar-refractivity contribution in [3.63, 3.8) is 0 Å². The summed E-state index contributed by atoms with van der Waals surface area (Å²) in [4.78, 5) is 23.2. The van der Waals surface area contributed by atoms with Crippen LogP contribution in [-0.4, -0.2) is 49.3 Å². The number of fused-ring (bicyclic) bond motifs is 1. The van der Waals surface area contributed by atoms with Gasteiger partial charge >= 0.3 is 13.5 Å². The van der Waals surface area contributed by atoms with Gasteiger partial charge in [0.15, 0.2) is 36.2 Å². The first-order valence-corrected chi connectivity index (χ1v) is 11.5. The van der Waals surface area contributed by atoms with Crippen LogP contribution in [0.25, 0.3) is 11.2 Å². The van der Waals surface area contributed by atoms with E-state index in [0.717, 1.165) is 6.08 Å². The van der Waals surface area contributed by atoms with Crippen molar-refractivity contribution in [2.75, 3.05) is 12.1 Å². The van der Waals surface area contributed by atoms with E-state index in [1.165, 1.54) is 24.1 Å². The Bertz CT molecular complexity index is 1240. The van der Waals surface area contributed by atoms with Gasteiger partial charge in [0.25, 0.3) is 0 Å². The number of carboxylic acid groups (broad SMARTS) is 1. The fourth-order valence-corrected chi connectivity index (χ4v) is 4.72. The molecule has 4 atom stereocenters. The molecule has 0 bridgehead atoms. The van der Waals surface area contributed by atoms with E-state index >= 15 is 0 Å². The molecule has 0 aliphatic carbocycles. The van der Waals surface area contributed by atoms with Crippen molar-refractivity contribution in [3.8, 4) is 5.75 Å². The summed E-state index contributed by atoms with van der Waals surface area (Å²) in [5.74, 6) is -1.56. The second-order valence-corrected chi connectivity index (χ2v) is 9.10. The third-order valence-electron chi connectivity index (χ3n) is 4.60. The Labute approximate surface area is 186 Å². The molecule has 33 heavy (non-hydrogen) atoms. The first kappa shape index (κ1) is 22.8. The van der Waals surface area contributed by atoms with Crippen molar-refractivity contribution in [2.24, 2.45) is 0 Å². The predicted octanol–water partition coefficient (Wildman–Crippen LogP) is 2.43. The van der Waals surface area contributed by atoms with Gasteiger partial charge in [-0.05, 0) is 19.1 Å². The van der Waals surface area contributed by atoms with Crippen LogP contribution in [0.5, 0.6) is 5.75 Å². The summed E-state index contributed by atoms with van der Waals surface area (Å²) in [5.41, 5.74) is 6.29. The summed E-state index contributed by atoms with van der Waals surface area (Å²) in [6, 6.07) is 6.97. The molecule has 0 fully saturated rings. The number of para-hydroxylation sites is 1. The topological polar surface area (TPSA) is 164 Å². The number of nitrogen functional groups attached to an aromatic ring is 1. The number of nitrogens with two attached hydrogens (primary N) is 1. The highest BCUT2D eigenvalue weighted by Gasteiger charge is 2.35. The molecule has 0 spiro atoms. The first-order valence-electron chi connectivity index (χ1n) is 9.67. The minimum atomic E-state index is -3.89. The Morgan fingerprint density at radius 1 is 1.36 bits per heavy atom. The zero-order valence-electron chi connectivity index (χ0n) is 17.2. The lowest BCUT2D eigenvalue weighted by atomic mass is 10.3. The van der Waals surface area contributed by atoms with E-state index in [2.05, 4.69) is 20.0 Å². The van der Waals surface area contributed by atoms with Crippen LogP contribution in [-0.2, 0) is 18.8 Å². The molecule has 4 unspecified atom stereocenters. The van der Waals surface area contributed by atoms with Gasteiger partial charge in [0.05, 0.1) is 6.33 Å². The van der Waals surface area contributed by atoms with Crippen LogP contribution in [0, 0.1) is 0 Å². The van der Waals surface area contributed by atoms with Crippen LogP contribution in [0.15, 0.2) is 54.9 Å². The molecule has 0 amide bonds. The van der Waals surface area contributed by atoms with Crippen LogP contribution in [0.2, 0.25) is 0 Å². The molecule has 12 nitrogen and oxygen atoms in total. The van der Waals surface area contributed by atoms with Gasteiger partial charge in [0, 0.05) is 6.08 Å². The van der Waals surface area contributed by atoms with E-state index < -0.39 is 44.2 Å². The monoisotopic (exact) mass is 478 g/mol. The van der Waals surface area contributed by atoms with Gasteiger partial charge < -0.3 is 24.8 Å². The van der Waals surface area contributed by atoms with E-state index in [9.17, 15) is 18.9 Å². The van der Waals surface area contributed by atoms with Crippen molar-refractivity contribution in [2.45, 2.75) is 25.5 Å². The molecular weight excluding hydrogens is 458 g/mol. The number of benzene rings is 1. The zero-order chi connectivity index (χ0) is 23.6. The average Bonchev–Trinajstić information content (AvgIpc) is 3.37. The maximum absolute atomic E-state index is 14.7. The van der Waals surface area contributed by atoms with Crippen LogP contribution in [0.3, 0.4) is 0 Å². The Morgan fingerprint density at radius 2 is 2.12 bits per heavy atom. The largest absolute Gasteiger partial charge is 0.480 e. The minimum absolute atomic E-state index is 0.131. The fourth-order valence-electron chi connectivity index (χ4n) is 3.03. The third-order valence-corrected chi connectivity index (χ3v) is 6.37. The zero-order valence-corrected chi connectivity index (χ0v) is 18.1. The van der Waals surface area contributed by atoms with Crippen molar-refractivity contribution in [1.29, 1.82) is 0 Å². The second-order valence-electron chi connectivity index (χ2n) is 7.05. The van der Waals surface area contributed by atoms with Crippen LogP contribution in [0.1, 0.15) is 13.2 Å². The Balaban J connectivity index is 1.48. The molecule has 4 rings (SSSR count). The number of nitrogens with one attached hydrogen (secondary N) is 1. The quantitative estimate of drug-likeness (QED) is 0.387. The van der Waals surface area contributed by atoms with Gasteiger partial charge in [-0.1, -0.05) is 18.2 Å². The fraction of sp³-hybridized carbons (Fsp3) is 0.263. The Hall–Kier alpha value is -3.38. The Morgan fingerprint density at radius 3 is 2.85 bits per heavy atom. The highest BCUT2D eigenvalue weighted by atomic mass is 31.2. The number of carbonyl (C=O) groups is 1. The molecule has 0 saturated carbocycles. The molecular formula is C19H20FN6O6P. The van der Waals surface area contributed by atoms with E-state index in [4.69, 9.17) is 19.7 Å². The molecule has 3 heterocycles. The summed E-state index contributed by atoms with van der Waals surface area (Å²) in [6.45, 7) is 1.31. The molecule has 1 aliphatic rings. The van der Waals surface area contributed by atoms with E-state index in [1.807, 2.05) is 0 Å². The highest BCUT2D eigenvalue weighted by Crippen LogP contribution is 2.45. The van der Waals surface area contributed by atoms with E-state index in [-0.39, 0.29) is 22.7 Å². The van der Waals surface area contributed by atoms with Gasteiger partial charge in [0.2, 0.25) is 0 Å². The average molecular weight is 478 g/mol. The van der Waals surface area contributed by atoms with Crippen molar-refractivity contribution in [1.82, 2.24) is 24.6 Å². The summed E-state index contributed by atoms with van der Waals surface area (Å²) in [6.07, 6.45) is 0.494. The number of aliphatic carboxylic acids is 1. The second kappa shape index (κ2) is 9.24. The number of nitrogens with zero attached hydrogens (tertiary/aromatic N) is 4. The maximum Gasteiger partial charge on any atom is 0.342 e. The lowest BCUT2D eigenvalue weighted by Gasteiger charge is -2.24. The number of hydrogen-bond donors (Lipinski definition) is 3. The molecule has 1 aromatic carbocycles. The van der Waals surface area contributed by atoms with Crippen LogP contribution < -0.4 is 15.3 Å². The molecule has 1 aliphatic heterocycles.